The minimum absolute atomic E-state index is 0.182. The number of nitrogens with one attached hydrogen (secondary N) is 4. The highest BCUT2D eigenvalue weighted by Gasteiger charge is 2.52. The van der Waals surface area contributed by atoms with Crippen LogP contribution < -0.4 is 16.0 Å². The number of fused-ring (bicyclic) bond motifs is 4. The predicted octanol–water partition coefficient (Wildman–Crippen LogP) is 6.64. The van der Waals surface area contributed by atoms with Crippen molar-refractivity contribution in [1.29, 1.82) is 4.78 Å². The first kappa shape index (κ1) is 25.2. The van der Waals surface area contributed by atoms with E-state index >= 15 is 0 Å². The molecule has 198 valence electrons. The second-order valence-electron chi connectivity index (χ2n) is 9.93. The van der Waals surface area contributed by atoms with E-state index < -0.39 is 16.1 Å². The summed E-state index contributed by atoms with van der Waals surface area (Å²) in [6, 6.07) is 22.0. The van der Waals surface area contributed by atoms with E-state index in [1.807, 2.05) is 48.5 Å². The number of hydrogen-bond donors (Lipinski definition) is 4. The van der Waals surface area contributed by atoms with E-state index in [9.17, 15) is 9.18 Å². The molecule has 2 heterocycles. The molecule has 1 amide bonds. The third kappa shape index (κ3) is 5.27. The van der Waals surface area contributed by atoms with Gasteiger partial charge in [-0.15, -0.1) is 0 Å². The molecule has 4 N–H and O–H groups in total. The maximum absolute atomic E-state index is 14.4. The molecule has 4 aromatic rings. The number of halogens is 1. The molecule has 1 aliphatic carbocycles. The van der Waals surface area contributed by atoms with Gasteiger partial charge in [0.2, 0.25) is 11.9 Å². The van der Waals surface area contributed by atoms with Gasteiger partial charge in [0, 0.05) is 45.9 Å². The van der Waals surface area contributed by atoms with Crippen molar-refractivity contribution in [2.45, 2.75) is 36.0 Å². The zero-order valence-corrected chi connectivity index (χ0v) is 22.2. The van der Waals surface area contributed by atoms with Crippen molar-refractivity contribution in [2.75, 3.05) is 28.2 Å². The summed E-state index contributed by atoms with van der Waals surface area (Å²) in [6.07, 6.45) is 4.95. The largest absolute Gasteiger partial charge is 0.369 e. The van der Waals surface area contributed by atoms with Crippen LogP contribution in [-0.4, -0.2) is 28.2 Å². The van der Waals surface area contributed by atoms with Crippen LogP contribution in [0, 0.1) is 10.6 Å². The van der Waals surface area contributed by atoms with Crippen LogP contribution in [0.3, 0.4) is 0 Å². The Morgan fingerprint density at radius 2 is 1.85 bits per heavy atom. The van der Waals surface area contributed by atoms with Crippen LogP contribution in [-0.2, 0) is 20.9 Å². The van der Waals surface area contributed by atoms with E-state index in [0.29, 0.717) is 30.0 Å². The lowest BCUT2D eigenvalue weighted by molar-refractivity contribution is -0.118. The van der Waals surface area contributed by atoms with Crippen molar-refractivity contribution >= 4 is 39.7 Å². The number of aromatic nitrogens is 2. The maximum atomic E-state index is 14.4. The predicted molar refractivity (Wildman–Crippen MR) is 154 cm³/mol. The molecule has 0 saturated heterocycles. The monoisotopic (exact) mass is 540 g/mol. The highest BCUT2D eigenvalue weighted by atomic mass is 32.2. The van der Waals surface area contributed by atoms with Gasteiger partial charge >= 0.3 is 0 Å². The molecule has 39 heavy (non-hydrogen) atoms. The topological polar surface area (TPSA) is 103 Å². The summed E-state index contributed by atoms with van der Waals surface area (Å²) >= 11 is 0. The fourth-order valence-corrected chi connectivity index (χ4v) is 6.16. The van der Waals surface area contributed by atoms with Gasteiger partial charge in [0.15, 0.2) is 0 Å². The van der Waals surface area contributed by atoms with Gasteiger partial charge in [-0.2, -0.15) is 4.98 Å². The lowest BCUT2D eigenvalue weighted by Crippen LogP contribution is -2.28. The fraction of sp³-hybridized carbons (Fsp3) is 0.233. The minimum atomic E-state index is -0.792. The van der Waals surface area contributed by atoms with E-state index in [1.165, 1.54) is 6.07 Å². The summed E-state index contributed by atoms with van der Waals surface area (Å²) in [5, 5.41) is 9.71. The number of hydrogen-bond acceptors (Lipinski definition) is 6. The third-order valence-corrected chi connectivity index (χ3v) is 8.78. The summed E-state index contributed by atoms with van der Waals surface area (Å²) in [4.78, 5) is 23.4. The van der Waals surface area contributed by atoms with E-state index in [0.717, 1.165) is 52.7 Å². The van der Waals surface area contributed by atoms with Crippen molar-refractivity contribution in [1.82, 2.24) is 9.97 Å². The maximum Gasteiger partial charge on any atom is 0.235 e. The Morgan fingerprint density at radius 1 is 1.03 bits per heavy atom. The van der Waals surface area contributed by atoms with Gasteiger partial charge in [0.25, 0.3) is 0 Å². The molecule has 3 aromatic carbocycles. The third-order valence-electron chi connectivity index (χ3n) is 7.26. The lowest BCUT2D eigenvalue weighted by Gasteiger charge is -2.17. The quantitative estimate of drug-likeness (QED) is 0.232. The Balaban J connectivity index is 1.22. The van der Waals surface area contributed by atoms with Crippen LogP contribution in [0.15, 0.2) is 83.9 Å². The van der Waals surface area contributed by atoms with Gasteiger partial charge < -0.3 is 16.0 Å². The van der Waals surface area contributed by atoms with Crippen LogP contribution in [0.4, 0.5) is 27.5 Å². The van der Waals surface area contributed by atoms with Gasteiger partial charge in [0.1, 0.15) is 11.6 Å². The Labute approximate surface area is 229 Å². The zero-order chi connectivity index (χ0) is 26.8. The molecule has 1 saturated carbocycles. The Morgan fingerprint density at radius 3 is 2.64 bits per heavy atom. The van der Waals surface area contributed by atoms with E-state index in [-0.39, 0.29) is 11.7 Å². The van der Waals surface area contributed by atoms with Gasteiger partial charge in [-0.05, 0) is 67.6 Å². The standard InChI is InChI=1S/C30H29FN6OS/c31-26-9-2-1-8-25(26)30(14-15-30)28(38)35-21-12-10-20(11-13-21)24-19-34-29-36-22-6-5-7-23(18-22)39(32)17-4-3-16-33-27(24)37-29/h1-2,5-13,18-19,32H,3-4,14-17H2,(H,35,38)(H2,33,34,36,37). The number of carbonyl (C=O) groups is 1. The summed E-state index contributed by atoms with van der Waals surface area (Å²) in [5.74, 6) is 1.51. The molecule has 0 radical (unpaired) electrons. The van der Waals surface area contributed by atoms with Crippen LogP contribution in [0.25, 0.3) is 11.1 Å². The van der Waals surface area contributed by atoms with Crippen molar-refractivity contribution in [3.05, 3.63) is 90.4 Å². The fourth-order valence-electron chi connectivity index (χ4n) is 4.92. The number of carbonyl (C=O) groups excluding carboxylic acids is 1. The van der Waals surface area contributed by atoms with Gasteiger partial charge in [0.05, 0.1) is 5.41 Å². The molecule has 1 aromatic heterocycles. The number of benzene rings is 3. The van der Waals surface area contributed by atoms with Crippen LogP contribution in [0.2, 0.25) is 0 Å². The molecule has 1 unspecified atom stereocenters. The molecular formula is C30H29FN6OS. The lowest BCUT2D eigenvalue weighted by atomic mass is 9.94. The van der Waals surface area contributed by atoms with Crippen molar-refractivity contribution < 1.29 is 9.18 Å². The van der Waals surface area contributed by atoms with Crippen molar-refractivity contribution in [3.8, 4) is 11.1 Å². The van der Waals surface area contributed by atoms with Crippen molar-refractivity contribution in [3.63, 3.8) is 0 Å². The molecule has 1 aliphatic heterocycles. The van der Waals surface area contributed by atoms with E-state index in [2.05, 4.69) is 20.9 Å². The highest BCUT2D eigenvalue weighted by molar-refractivity contribution is 7.86. The molecule has 1 atom stereocenters. The normalized spacial score (nSPS) is 17.8. The van der Waals surface area contributed by atoms with E-state index in [1.54, 1.807) is 24.4 Å². The molecule has 1 fully saturated rings. The van der Waals surface area contributed by atoms with Crippen LogP contribution >= 0.6 is 0 Å². The SMILES string of the molecule is N=S1CCCCNc2nc(ncc2-c2ccc(NC(=O)C3(c4ccccc4F)CC3)cc2)Nc2cccc1c2. The minimum Gasteiger partial charge on any atom is -0.369 e. The van der Waals surface area contributed by atoms with Crippen molar-refractivity contribution in [2.24, 2.45) is 0 Å². The second kappa shape index (κ2) is 10.6. The Hall–Kier alpha value is -4.11. The molecular weight excluding hydrogens is 511 g/mol. The summed E-state index contributed by atoms with van der Waals surface area (Å²) in [7, 11) is -0.551. The Kier molecular flexibility index (Phi) is 6.83. The number of amides is 1. The first-order valence-corrected chi connectivity index (χ1v) is 14.5. The second-order valence-corrected chi connectivity index (χ2v) is 11.6. The van der Waals surface area contributed by atoms with Gasteiger partial charge in [-0.3, -0.25) is 9.57 Å². The molecule has 7 nitrogen and oxygen atoms in total. The first-order valence-electron chi connectivity index (χ1n) is 13.1. The summed E-state index contributed by atoms with van der Waals surface area (Å²) in [5.41, 5.74) is 2.95. The first-order chi connectivity index (χ1) is 19.0. The smallest absolute Gasteiger partial charge is 0.235 e. The molecule has 9 heteroatoms. The summed E-state index contributed by atoms with van der Waals surface area (Å²) < 4.78 is 22.9. The molecule has 0 spiro atoms. The molecule has 4 bridgehead atoms. The molecule has 2 aliphatic rings. The van der Waals surface area contributed by atoms with Gasteiger partial charge in [-0.1, -0.05) is 47.1 Å². The summed E-state index contributed by atoms with van der Waals surface area (Å²) in [6.45, 7) is 0.741. The average Bonchev–Trinajstić information content (AvgIpc) is 3.75. The number of anilines is 4. The van der Waals surface area contributed by atoms with E-state index in [4.69, 9.17) is 9.76 Å². The zero-order valence-electron chi connectivity index (χ0n) is 21.3. The number of rotatable bonds is 4. The Bertz CT molecular complexity index is 1550. The number of nitrogens with zero attached hydrogens (tertiary/aromatic N) is 2. The van der Waals surface area contributed by atoms with Crippen LogP contribution in [0.5, 0.6) is 0 Å². The molecule has 6 rings (SSSR count). The average molecular weight is 541 g/mol. The van der Waals surface area contributed by atoms with Crippen LogP contribution in [0.1, 0.15) is 31.2 Å². The highest BCUT2D eigenvalue weighted by Crippen LogP contribution is 2.49. The van der Waals surface area contributed by atoms with Gasteiger partial charge in [-0.25, -0.2) is 9.37 Å².